The molecule has 4 aromatic rings. The summed E-state index contributed by atoms with van der Waals surface area (Å²) in [4.78, 5) is 17.0. The number of anilines is 1. The van der Waals surface area contributed by atoms with Crippen LogP contribution in [0.2, 0.25) is 0 Å². The van der Waals surface area contributed by atoms with E-state index in [9.17, 15) is 4.79 Å². The monoisotopic (exact) mass is 431 g/mol. The first-order chi connectivity index (χ1) is 15.5. The van der Waals surface area contributed by atoms with Gasteiger partial charge in [0.1, 0.15) is 24.7 Å². The van der Waals surface area contributed by atoms with E-state index in [0.717, 1.165) is 34.7 Å². The molecule has 0 bridgehead atoms. The largest absolute Gasteiger partial charge is 0.443 e. The summed E-state index contributed by atoms with van der Waals surface area (Å²) in [5.41, 5.74) is 7.69. The number of hydrogen-bond acceptors (Lipinski definition) is 5. The molecule has 1 N–H and O–H groups in total. The molecule has 0 saturated heterocycles. The third kappa shape index (κ3) is 3.85. The Morgan fingerprint density at radius 1 is 1.19 bits per heavy atom. The normalized spacial score (nSPS) is 13.2. The van der Waals surface area contributed by atoms with Gasteiger partial charge in [-0.1, -0.05) is 23.8 Å². The summed E-state index contributed by atoms with van der Waals surface area (Å²) in [6, 6.07) is 13.9. The van der Waals surface area contributed by atoms with Crippen molar-refractivity contribution in [1.82, 2.24) is 19.3 Å². The van der Waals surface area contributed by atoms with Crippen LogP contribution >= 0.6 is 0 Å². The van der Waals surface area contributed by atoms with Crippen molar-refractivity contribution in [3.63, 3.8) is 0 Å². The minimum absolute atomic E-state index is 0.0863. The van der Waals surface area contributed by atoms with E-state index >= 15 is 0 Å². The molecule has 0 spiro atoms. The third-order valence-corrected chi connectivity index (χ3v) is 5.70. The van der Waals surface area contributed by atoms with E-state index in [-0.39, 0.29) is 6.61 Å². The maximum atomic E-state index is 12.4. The number of carbonyl (C=O) groups excluding carboxylic acids is 1. The number of fused-ring (bicyclic) bond motifs is 3. The highest BCUT2D eigenvalue weighted by molar-refractivity contribution is 5.89. The Morgan fingerprint density at radius 2 is 2.06 bits per heavy atom. The van der Waals surface area contributed by atoms with Gasteiger partial charge >= 0.3 is 6.09 Å². The summed E-state index contributed by atoms with van der Waals surface area (Å²) in [6.07, 6.45) is -0.532. The quantitative estimate of drug-likeness (QED) is 0.520. The predicted molar refractivity (Wildman–Crippen MR) is 121 cm³/mol. The number of imidazole rings is 1. The molecule has 3 heterocycles. The topological polar surface area (TPSA) is 83.2 Å². The number of nitrogens with zero attached hydrogens (tertiary/aromatic N) is 4. The van der Waals surface area contributed by atoms with Gasteiger partial charge in [0.25, 0.3) is 0 Å². The van der Waals surface area contributed by atoms with Crippen molar-refractivity contribution in [2.24, 2.45) is 7.05 Å². The Labute approximate surface area is 185 Å². The Balaban J connectivity index is 1.25. The second-order valence-corrected chi connectivity index (χ2v) is 8.10. The Hall–Kier alpha value is -3.65. The van der Waals surface area contributed by atoms with Crippen LogP contribution in [0.3, 0.4) is 0 Å². The Morgan fingerprint density at radius 3 is 2.91 bits per heavy atom. The highest BCUT2D eigenvalue weighted by Crippen LogP contribution is 2.25. The van der Waals surface area contributed by atoms with Crippen molar-refractivity contribution in [3.8, 4) is 11.3 Å². The molecular formula is C24H25N5O3. The first-order valence-corrected chi connectivity index (χ1v) is 10.6. The van der Waals surface area contributed by atoms with Gasteiger partial charge in [-0.25, -0.2) is 9.78 Å². The number of nitrogens with one attached hydrogen (secondary N) is 1. The summed E-state index contributed by atoms with van der Waals surface area (Å²) in [6.45, 7) is 6.22. The Kier molecular flexibility index (Phi) is 5.14. The fraction of sp³-hybridized carbons (Fsp3) is 0.292. The summed E-state index contributed by atoms with van der Waals surface area (Å²) >= 11 is 0. The van der Waals surface area contributed by atoms with E-state index in [0.29, 0.717) is 24.6 Å². The number of aryl methyl sites for hydroxylation is 3. The zero-order chi connectivity index (χ0) is 22.2. The van der Waals surface area contributed by atoms with Gasteiger partial charge in [0.05, 0.1) is 23.3 Å². The molecule has 8 heteroatoms. The smallest absolute Gasteiger partial charge is 0.412 e. The number of hydrogen-bond donors (Lipinski definition) is 1. The number of carbonyl (C=O) groups is 1. The van der Waals surface area contributed by atoms with Gasteiger partial charge in [-0.3, -0.25) is 10.00 Å². The van der Waals surface area contributed by atoms with Gasteiger partial charge in [-0.2, -0.15) is 5.10 Å². The molecule has 0 atom stereocenters. The van der Waals surface area contributed by atoms with Crippen LogP contribution in [0.25, 0.3) is 22.3 Å². The van der Waals surface area contributed by atoms with Crippen LogP contribution in [0.5, 0.6) is 0 Å². The molecule has 164 valence electrons. The lowest BCUT2D eigenvalue weighted by atomic mass is 10.0. The van der Waals surface area contributed by atoms with Gasteiger partial charge in [0.2, 0.25) is 0 Å². The molecule has 1 amide bonds. The molecule has 32 heavy (non-hydrogen) atoms. The molecule has 0 aliphatic carbocycles. The predicted octanol–water partition coefficient (Wildman–Crippen LogP) is 4.33. The van der Waals surface area contributed by atoms with Crippen LogP contribution in [0.4, 0.5) is 10.5 Å². The summed E-state index contributed by atoms with van der Waals surface area (Å²) < 4.78 is 14.8. The lowest BCUT2D eigenvalue weighted by molar-refractivity contribution is 0.0830. The molecule has 1 aliphatic heterocycles. The molecule has 8 nitrogen and oxygen atoms in total. The van der Waals surface area contributed by atoms with Crippen molar-refractivity contribution < 1.29 is 14.3 Å². The van der Waals surface area contributed by atoms with Crippen LogP contribution in [0, 0.1) is 13.8 Å². The zero-order valence-electron chi connectivity index (χ0n) is 18.4. The van der Waals surface area contributed by atoms with Gasteiger partial charge in [0.15, 0.2) is 0 Å². The number of rotatable bonds is 4. The third-order valence-electron chi connectivity index (χ3n) is 5.70. The van der Waals surface area contributed by atoms with E-state index in [1.165, 1.54) is 11.1 Å². The van der Waals surface area contributed by atoms with Gasteiger partial charge in [-0.05, 0) is 43.7 Å². The lowest BCUT2D eigenvalue weighted by Gasteiger charge is -2.14. The van der Waals surface area contributed by atoms with E-state index in [2.05, 4.69) is 52.0 Å². The van der Waals surface area contributed by atoms with Crippen molar-refractivity contribution in [1.29, 1.82) is 0 Å². The molecule has 0 saturated carbocycles. The highest BCUT2D eigenvalue weighted by atomic mass is 16.5. The van der Waals surface area contributed by atoms with E-state index in [4.69, 9.17) is 9.47 Å². The molecule has 0 fully saturated rings. The second kappa shape index (κ2) is 8.12. The number of ether oxygens (including phenoxy) is 2. The fourth-order valence-corrected chi connectivity index (χ4v) is 4.18. The van der Waals surface area contributed by atoms with Crippen molar-refractivity contribution in [3.05, 3.63) is 65.1 Å². The minimum atomic E-state index is -0.532. The van der Waals surface area contributed by atoms with Crippen molar-refractivity contribution in [2.45, 2.75) is 33.6 Å². The average molecular weight is 431 g/mol. The van der Waals surface area contributed by atoms with E-state index in [1.807, 2.05) is 36.0 Å². The van der Waals surface area contributed by atoms with E-state index < -0.39 is 6.09 Å². The molecular weight excluding hydrogens is 406 g/mol. The molecule has 2 aromatic carbocycles. The summed E-state index contributed by atoms with van der Waals surface area (Å²) in [5, 5.41) is 7.27. The second-order valence-electron chi connectivity index (χ2n) is 8.10. The number of aromatic nitrogens is 4. The number of amides is 1. The summed E-state index contributed by atoms with van der Waals surface area (Å²) in [5.74, 6) is 0.903. The maximum Gasteiger partial charge on any atom is 0.412 e. The Bertz CT molecular complexity index is 1320. The van der Waals surface area contributed by atoms with Crippen LogP contribution in [0.1, 0.15) is 22.6 Å². The molecule has 0 unspecified atom stereocenters. The van der Waals surface area contributed by atoms with Crippen LogP contribution in [-0.2, 0) is 36.3 Å². The standard InChI is InChI=1S/C24H25N5O3/c1-15-4-6-19(16(2)10-15)22-12-18(27-28(22)3)13-32-24(30)25-17-5-7-21-20(11-17)26-23-14-31-9-8-29(21)23/h4-7,10-12H,8-9,13-14H2,1-3H3,(H,25,30). The molecule has 0 radical (unpaired) electrons. The van der Waals surface area contributed by atoms with Crippen molar-refractivity contribution in [2.75, 3.05) is 11.9 Å². The molecule has 2 aromatic heterocycles. The van der Waals surface area contributed by atoms with Gasteiger partial charge in [0, 0.05) is 24.8 Å². The maximum absolute atomic E-state index is 12.4. The summed E-state index contributed by atoms with van der Waals surface area (Å²) in [7, 11) is 1.89. The van der Waals surface area contributed by atoms with Gasteiger partial charge in [-0.15, -0.1) is 0 Å². The van der Waals surface area contributed by atoms with Crippen LogP contribution in [-0.4, -0.2) is 32.0 Å². The zero-order valence-corrected chi connectivity index (χ0v) is 18.4. The molecule has 1 aliphatic rings. The molecule has 5 rings (SSSR count). The first kappa shape index (κ1) is 20.3. The van der Waals surface area contributed by atoms with Crippen LogP contribution in [0.15, 0.2) is 42.5 Å². The van der Waals surface area contributed by atoms with Crippen LogP contribution < -0.4 is 5.32 Å². The van der Waals surface area contributed by atoms with Crippen molar-refractivity contribution >= 4 is 22.8 Å². The van der Waals surface area contributed by atoms with E-state index in [1.54, 1.807) is 0 Å². The SMILES string of the molecule is Cc1ccc(-c2cc(COC(=O)Nc3ccc4c(c3)nc3n4CCOC3)nn2C)c(C)c1. The minimum Gasteiger partial charge on any atom is -0.443 e. The average Bonchev–Trinajstić information content (AvgIpc) is 3.32. The fourth-order valence-electron chi connectivity index (χ4n) is 4.18. The van der Waals surface area contributed by atoms with Gasteiger partial charge < -0.3 is 14.0 Å². The first-order valence-electron chi connectivity index (χ1n) is 10.6. The lowest BCUT2D eigenvalue weighted by Crippen LogP contribution is -2.16. The highest BCUT2D eigenvalue weighted by Gasteiger charge is 2.16. The number of benzene rings is 2.